The Hall–Kier alpha value is -3.40. The van der Waals surface area contributed by atoms with Gasteiger partial charge in [-0.2, -0.15) is 5.10 Å². The van der Waals surface area contributed by atoms with E-state index < -0.39 is 22.0 Å². The van der Waals surface area contributed by atoms with Gasteiger partial charge in [0.2, 0.25) is 0 Å². The maximum atomic E-state index is 11.9. The zero-order valence-electron chi connectivity index (χ0n) is 22.8. The number of hydrogen-bond acceptors (Lipinski definition) is 6. The van der Waals surface area contributed by atoms with Crippen molar-refractivity contribution >= 4 is 27.0 Å². The van der Waals surface area contributed by atoms with E-state index in [-0.39, 0.29) is 0 Å². The quantitative estimate of drug-likeness (QED) is 0.266. The number of nitrogens with zero attached hydrogens (tertiary/aromatic N) is 4. The Balaban J connectivity index is 1.78. The van der Waals surface area contributed by atoms with Gasteiger partial charge < -0.3 is 14.6 Å². The average molecular weight is 537 g/mol. The van der Waals surface area contributed by atoms with Gasteiger partial charge in [-0.1, -0.05) is 30.3 Å². The molecular weight excluding hydrogens is 500 g/mol. The second kappa shape index (κ2) is 11.6. The van der Waals surface area contributed by atoms with Crippen LogP contribution in [0.15, 0.2) is 60.8 Å². The normalized spacial score (nSPS) is 13.1. The lowest BCUT2D eigenvalue weighted by molar-refractivity contribution is -0.142. The van der Waals surface area contributed by atoms with Gasteiger partial charge >= 0.3 is 5.97 Å². The van der Waals surface area contributed by atoms with E-state index in [0.717, 1.165) is 39.3 Å². The van der Waals surface area contributed by atoms with Gasteiger partial charge in [-0.05, 0) is 68.3 Å². The fourth-order valence-electron chi connectivity index (χ4n) is 4.36. The second-order valence-corrected chi connectivity index (χ2v) is 14.9. The maximum absolute atomic E-state index is 11.9. The Morgan fingerprint density at radius 1 is 1.08 bits per heavy atom. The van der Waals surface area contributed by atoms with E-state index in [9.17, 15) is 9.90 Å². The average Bonchev–Trinajstić information content (AvgIpc) is 3.23. The largest absolute Gasteiger partial charge is 0.496 e. The number of carboxylic acid groups (broad SMARTS) is 1. The van der Waals surface area contributed by atoms with Gasteiger partial charge in [0.25, 0.3) is 0 Å². The smallest absolute Gasteiger partial charge is 0.325 e. The summed E-state index contributed by atoms with van der Waals surface area (Å²) < 4.78 is 13.4. The van der Waals surface area contributed by atoms with Crippen LogP contribution < -0.4 is 4.74 Å². The molecule has 2 heterocycles. The first-order valence-electron chi connectivity index (χ1n) is 12.3. The molecule has 202 valence electrons. The van der Waals surface area contributed by atoms with E-state index in [1.54, 1.807) is 37.0 Å². The number of carbonyl (C=O) groups is 1. The third-order valence-corrected chi connectivity index (χ3v) is 7.68. The molecule has 0 fully saturated rings. The summed E-state index contributed by atoms with van der Waals surface area (Å²) in [5.41, 5.74) is 4.79. The van der Waals surface area contributed by atoms with Crippen LogP contribution >= 0.6 is 10.0 Å². The molecule has 4 aromatic rings. The number of hydrogen-bond donors (Lipinski definition) is 1. The number of methoxy groups -OCH3 is 1. The zero-order valence-corrected chi connectivity index (χ0v) is 23.7. The standard InChI is InChI=1S/C29H36N4O4S/c1-32(2)27(29(34)35)21-11-9-10-20(16-21)22-17-24-26(23-12-7-8-13-25(23)36-3)31-33(28(24)30-18-22)19-37-14-15-38(4,5)6/h7-13,16-18,27H,14-15,19H2,1-6H3,(H,34,35). The molecule has 9 heteroatoms. The Kier molecular flexibility index (Phi) is 8.40. The second-order valence-electron chi connectivity index (χ2n) is 10.3. The highest BCUT2D eigenvalue weighted by Crippen LogP contribution is 2.36. The predicted octanol–water partition coefficient (Wildman–Crippen LogP) is 5.13. The van der Waals surface area contributed by atoms with E-state index in [1.165, 1.54) is 0 Å². The molecule has 2 aromatic carbocycles. The molecular formula is C29H36N4O4S. The van der Waals surface area contributed by atoms with Crippen molar-refractivity contribution in [3.05, 3.63) is 66.4 Å². The summed E-state index contributed by atoms with van der Waals surface area (Å²) in [7, 11) is 4.52. The van der Waals surface area contributed by atoms with E-state index in [2.05, 4.69) is 24.8 Å². The molecule has 0 aliphatic rings. The van der Waals surface area contributed by atoms with Crippen LogP contribution in [-0.4, -0.2) is 83.1 Å². The predicted molar refractivity (Wildman–Crippen MR) is 155 cm³/mol. The molecule has 0 aliphatic carbocycles. The van der Waals surface area contributed by atoms with Crippen LogP contribution in [0.25, 0.3) is 33.4 Å². The molecule has 0 spiro atoms. The fraction of sp³-hybridized carbons (Fsp3) is 0.345. The van der Waals surface area contributed by atoms with Crippen LogP contribution in [0.3, 0.4) is 0 Å². The van der Waals surface area contributed by atoms with Crippen LogP contribution in [0.2, 0.25) is 0 Å². The number of benzene rings is 2. The highest BCUT2D eigenvalue weighted by Gasteiger charge is 2.23. The van der Waals surface area contributed by atoms with Gasteiger partial charge in [-0.15, -0.1) is 0 Å². The summed E-state index contributed by atoms with van der Waals surface area (Å²) >= 11 is 0. The van der Waals surface area contributed by atoms with E-state index in [1.807, 2.05) is 48.5 Å². The number of likely N-dealkylation sites (N-methyl/N-ethyl adjacent to an activating group) is 1. The van der Waals surface area contributed by atoms with E-state index in [4.69, 9.17) is 19.6 Å². The van der Waals surface area contributed by atoms with Gasteiger partial charge in [0.05, 0.1) is 13.7 Å². The summed E-state index contributed by atoms with van der Waals surface area (Å²) in [5, 5.41) is 15.5. The fourth-order valence-corrected chi connectivity index (χ4v) is 4.97. The minimum Gasteiger partial charge on any atom is -0.496 e. The van der Waals surface area contributed by atoms with E-state index in [0.29, 0.717) is 24.5 Å². The van der Waals surface area contributed by atoms with Gasteiger partial charge in [0.1, 0.15) is 24.2 Å². The number of carboxylic acids is 1. The van der Waals surface area contributed by atoms with Crippen LogP contribution in [0, 0.1) is 0 Å². The van der Waals surface area contributed by atoms with Gasteiger partial charge in [0, 0.05) is 28.5 Å². The highest BCUT2D eigenvalue weighted by molar-refractivity contribution is 8.32. The molecule has 1 N–H and O–H groups in total. The van der Waals surface area contributed by atoms with Gasteiger partial charge in [-0.25, -0.2) is 19.7 Å². The number of rotatable bonds is 11. The van der Waals surface area contributed by atoms with Gasteiger partial charge in [0.15, 0.2) is 5.65 Å². The summed E-state index contributed by atoms with van der Waals surface area (Å²) in [4.78, 5) is 18.4. The Morgan fingerprint density at radius 2 is 1.84 bits per heavy atom. The SMILES string of the molecule is COc1ccccc1-c1nn(COCCS(C)(C)C)c2ncc(-c3cccc(C(C(=O)O)N(C)C)c3)cc12. The topological polar surface area (TPSA) is 89.7 Å². The first kappa shape index (κ1) is 27.6. The number of fused-ring (bicyclic) bond motifs is 1. The number of aromatic nitrogens is 3. The van der Waals surface area contributed by atoms with Crippen molar-refractivity contribution in [1.29, 1.82) is 0 Å². The Morgan fingerprint density at radius 3 is 2.53 bits per heavy atom. The first-order valence-corrected chi connectivity index (χ1v) is 15.3. The lowest BCUT2D eigenvalue weighted by atomic mass is 9.98. The van der Waals surface area contributed by atoms with Crippen molar-refractivity contribution < 1.29 is 19.4 Å². The summed E-state index contributed by atoms with van der Waals surface area (Å²) in [6, 6.07) is 16.7. The molecule has 38 heavy (non-hydrogen) atoms. The minimum absolute atomic E-state index is 0.298. The zero-order chi connectivity index (χ0) is 27.4. The van der Waals surface area contributed by atoms with Crippen molar-refractivity contribution in [3.8, 4) is 28.1 Å². The molecule has 0 amide bonds. The monoisotopic (exact) mass is 536 g/mol. The maximum Gasteiger partial charge on any atom is 0.325 e. The molecule has 0 saturated heterocycles. The molecule has 1 atom stereocenters. The van der Waals surface area contributed by atoms with Crippen LogP contribution in [0.1, 0.15) is 11.6 Å². The van der Waals surface area contributed by atoms with Crippen molar-refractivity contribution in [2.75, 3.05) is 52.3 Å². The lowest BCUT2D eigenvalue weighted by Crippen LogP contribution is -2.27. The number of para-hydroxylation sites is 1. The molecule has 1 unspecified atom stereocenters. The lowest BCUT2D eigenvalue weighted by Gasteiger charge is -2.24. The Bertz CT molecular complexity index is 1430. The molecule has 4 rings (SSSR count). The Labute approximate surface area is 225 Å². The molecule has 0 radical (unpaired) electrons. The third kappa shape index (κ3) is 6.18. The van der Waals surface area contributed by atoms with Crippen LogP contribution in [0.4, 0.5) is 0 Å². The van der Waals surface area contributed by atoms with Crippen molar-refractivity contribution in [2.24, 2.45) is 0 Å². The minimum atomic E-state index is -0.895. The summed E-state index contributed by atoms with van der Waals surface area (Å²) in [6.45, 7) is 0.956. The van der Waals surface area contributed by atoms with Crippen molar-refractivity contribution in [3.63, 3.8) is 0 Å². The van der Waals surface area contributed by atoms with Crippen molar-refractivity contribution in [1.82, 2.24) is 19.7 Å². The van der Waals surface area contributed by atoms with Crippen LogP contribution in [0.5, 0.6) is 5.75 Å². The highest BCUT2D eigenvalue weighted by atomic mass is 32.3. The van der Waals surface area contributed by atoms with Crippen LogP contribution in [-0.2, 0) is 16.3 Å². The molecule has 2 aromatic heterocycles. The van der Waals surface area contributed by atoms with Gasteiger partial charge in [-0.3, -0.25) is 9.69 Å². The third-order valence-electron chi connectivity index (χ3n) is 6.29. The first-order chi connectivity index (χ1) is 18.1. The number of ether oxygens (including phenoxy) is 2. The van der Waals surface area contributed by atoms with Crippen molar-refractivity contribution in [2.45, 2.75) is 12.8 Å². The molecule has 0 bridgehead atoms. The number of pyridine rings is 1. The molecule has 0 saturated carbocycles. The molecule has 8 nitrogen and oxygen atoms in total. The van der Waals surface area contributed by atoms with E-state index >= 15 is 0 Å². The molecule has 0 aliphatic heterocycles. The number of aliphatic carboxylic acids is 1. The summed E-state index contributed by atoms with van der Waals surface area (Å²) in [5.74, 6) is 0.844. The summed E-state index contributed by atoms with van der Waals surface area (Å²) in [6.07, 6.45) is 8.62.